The highest BCUT2D eigenvalue weighted by atomic mass is 35.5. The lowest BCUT2D eigenvalue weighted by molar-refractivity contribution is -0.123. The third-order valence-corrected chi connectivity index (χ3v) is 5.40. The number of morpholine rings is 1. The van der Waals surface area contributed by atoms with Crippen molar-refractivity contribution < 1.29 is 14.3 Å². The molecule has 0 aromatic heterocycles. The molecule has 3 rings (SSSR count). The van der Waals surface area contributed by atoms with Gasteiger partial charge >= 0.3 is 0 Å². The number of amides is 1. The smallest absolute Gasteiger partial charge is 0.258 e. The second-order valence-electron chi connectivity index (χ2n) is 7.53. The minimum absolute atomic E-state index is 0.0241. The van der Waals surface area contributed by atoms with E-state index < -0.39 is 0 Å². The Hall–Kier alpha value is -2.08. The lowest BCUT2D eigenvalue weighted by Crippen LogP contribution is -2.44. The molecule has 6 heteroatoms. The Morgan fingerprint density at radius 2 is 1.69 bits per heavy atom. The lowest BCUT2D eigenvalue weighted by Gasteiger charge is -2.35. The number of carbonyl (C=O) groups is 1. The molecule has 1 aliphatic heterocycles. The first-order valence-corrected chi connectivity index (χ1v) is 10.5. The first-order chi connectivity index (χ1) is 14.0. The van der Waals surface area contributed by atoms with Gasteiger partial charge in [-0.15, -0.1) is 0 Å². The van der Waals surface area contributed by atoms with E-state index in [4.69, 9.17) is 21.1 Å². The summed E-state index contributed by atoms with van der Waals surface area (Å²) in [5.41, 5.74) is 2.52. The van der Waals surface area contributed by atoms with E-state index in [1.807, 2.05) is 0 Å². The monoisotopic (exact) mass is 416 g/mol. The standard InChI is InChI=1S/C23H29ClN2O3/c1-17(2)18-3-5-19(6-4-18)22(26-11-13-28-14-12-26)15-25-23(27)16-29-21-9-7-20(24)8-10-21/h3-10,17,22H,11-16H2,1-2H3,(H,25,27)/t22-/m1/s1. The average molecular weight is 417 g/mol. The van der Waals surface area contributed by atoms with Gasteiger partial charge in [0.15, 0.2) is 6.61 Å². The molecule has 2 aromatic carbocycles. The van der Waals surface area contributed by atoms with Crippen molar-refractivity contribution in [1.82, 2.24) is 10.2 Å². The van der Waals surface area contributed by atoms with Gasteiger partial charge in [0.2, 0.25) is 0 Å². The van der Waals surface area contributed by atoms with Crippen LogP contribution in [0.2, 0.25) is 5.02 Å². The molecular weight excluding hydrogens is 388 g/mol. The number of ether oxygens (including phenoxy) is 2. The van der Waals surface area contributed by atoms with E-state index in [0.29, 0.717) is 36.4 Å². The summed E-state index contributed by atoms with van der Waals surface area (Å²) in [6.45, 7) is 8.03. The molecule has 0 bridgehead atoms. The summed E-state index contributed by atoms with van der Waals surface area (Å²) in [6, 6.07) is 15.8. The van der Waals surface area contributed by atoms with Crippen LogP contribution in [-0.2, 0) is 9.53 Å². The van der Waals surface area contributed by atoms with Crippen LogP contribution in [0.25, 0.3) is 0 Å². The van der Waals surface area contributed by atoms with Gasteiger partial charge < -0.3 is 14.8 Å². The Morgan fingerprint density at radius 3 is 2.31 bits per heavy atom. The molecule has 0 aliphatic carbocycles. The number of nitrogens with zero attached hydrogens (tertiary/aromatic N) is 1. The maximum atomic E-state index is 12.3. The van der Waals surface area contributed by atoms with Gasteiger partial charge in [0.1, 0.15) is 5.75 Å². The Labute approximate surface area is 177 Å². The Morgan fingerprint density at radius 1 is 1.07 bits per heavy atom. The van der Waals surface area contributed by atoms with Gasteiger partial charge in [0.05, 0.1) is 19.3 Å². The van der Waals surface area contributed by atoms with Crippen LogP contribution < -0.4 is 10.1 Å². The number of benzene rings is 2. The van der Waals surface area contributed by atoms with Crippen molar-refractivity contribution in [3.63, 3.8) is 0 Å². The van der Waals surface area contributed by atoms with Gasteiger partial charge in [-0.2, -0.15) is 0 Å². The maximum absolute atomic E-state index is 12.3. The quantitative estimate of drug-likeness (QED) is 0.705. The van der Waals surface area contributed by atoms with Crippen molar-refractivity contribution >= 4 is 17.5 Å². The van der Waals surface area contributed by atoms with E-state index in [2.05, 4.69) is 48.3 Å². The maximum Gasteiger partial charge on any atom is 0.258 e. The van der Waals surface area contributed by atoms with Crippen LogP contribution in [0.3, 0.4) is 0 Å². The third kappa shape index (κ3) is 6.46. The summed E-state index contributed by atoms with van der Waals surface area (Å²) in [5.74, 6) is 0.978. The zero-order chi connectivity index (χ0) is 20.6. The van der Waals surface area contributed by atoms with Crippen LogP contribution in [-0.4, -0.2) is 50.3 Å². The molecule has 1 heterocycles. The highest BCUT2D eigenvalue weighted by Gasteiger charge is 2.23. The van der Waals surface area contributed by atoms with Crippen LogP contribution in [0.4, 0.5) is 0 Å². The average Bonchev–Trinajstić information content (AvgIpc) is 2.74. The van der Waals surface area contributed by atoms with Crippen molar-refractivity contribution in [2.45, 2.75) is 25.8 Å². The van der Waals surface area contributed by atoms with E-state index in [1.54, 1.807) is 24.3 Å². The van der Waals surface area contributed by atoms with E-state index in [-0.39, 0.29) is 18.6 Å². The summed E-state index contributed by atoms with van der Waals surface area (Å²) in [5, 5.41) is 3.66. The number of hydrogen-bond donors (Lipinski definition) is 1. The molecule has 0 spiro atoms. The van der Waals surface area contributed by atoms with E-state index in [1.165, 1.54) is 11.1 Å². The molecule has 156 valence electrons. The summed E-state index contributed by atoms with van der Waals surface area (Å²) in [6.07, 6.45) is 0. The highest BCUT2D eigenvalue weighted by molar-refractivity contribution is 6.30. The van der Waals surface area contributed by atoms with Crippen LogP contribution in [0.15, 0.2) is 48.5 Å². The largest absolute Gasteiger partial charge is 0.484 e. The van der Waals surface area contributed by atoms with Gasteiger partial charge in [-0.25, -0.2) is 0 Å². The van der Waals surface area contributed by atoms with Gasteiger partial charge in [-0.3, -0.25) is 9.69 Å². The lowest BCUT2D eigenvalue weighted by atomic mass is 9.98. The molecule has 0 radical (unpaired) electrons. The minimum atomic E-state index is -0.142. The number of nitrogens with one attached hydrogen (secondary N) is 1. The number of rotatable bonds is 8. The molecule has 0 saturated carbocycles. The summed E-state index contributed by atoms with van der Waals surface area (Å²) < 4.78 is 11.0. The Kier molecular flexibility index (Phi) is 7.92. The van der Waals surface area contributed by atoms with Gasteiger partial charge in [-0.05, 0) is 41.3 Å². The van der Waals surface area contributed by atoms with E-state index in [0.717, 1.165) is 13.1 Å². The fourth-order valence-electron chi connectivity index (χ4n) is 3.39. The molecule has 1 atom stereocenters. The second kappa shape index (κ2) is 10.6. The minimum Gasteiger partial charge on any atom is -0.484 e. The highest BCUT2D eigenvalue weighted by Crippen LogP contribution is 2.24. The number of carbonyl (C=O) groups excluding carboxylic acids is 1. The zero-order valence-electron chi connectivity index (χ0n) is 17.1. The molecular formula is C23H29ClN2O3. The van der Waals surface area contributed by atoms with Crippen molar-refractivity contribution in [1.29, 1.82) is 0 Å². The van der Waals surface area contributed by atoms with Crippen molar-refractivity contribution in [2.75, 3.05) is 39.5 Å². The van der Waals surface area contributed by atoms with Gasteiger partial charge in [-0.1, -0.05) is 49.7 Å². The predicted octanol–water partition coefficient (Wildman–Crippen LogP) is 4.03. The van der Waals surface area contributed by atoms with Gasteiger partial charge in [0, 0.05) is 24.7 Å². The Bertz CT molecular complexity index is 772. The van der Waals surface area contributed by atoms with E-state index >= 15 is 0 Å². The Balaban J connectivity index is 1.60. The van der Waals surface area contributed by atoms with Crippen LogP contribution >= 0.6 is 11.6 Å². The number of halogens is 1. The molecule has 2 aromatic rings. The molecule has 1 aliphatic rings. The molecule has 1 fully saturated rings. The molecule has 0 unspecified atom stereocenters. The fraction of sp³-hybridized carbons (Fsp3) is 0.435. The summed E-state index contributed by atoms with van der Waals surface area (Å²) in [4.78, 5) is 14.7. The molecule has 1 N–H and O–H groups in total. The molecule has 29 heavy (non-hydrogen) atoms. The molecule has 1 amide bonds. The van der Waals surface area contributed by atoms with Crippen molar-refractivity contribution in [3.05, 3.63) is 64.7 Å². The SMILES string of the molecule is CC(C)c1ccc([C@@H](CNC(=O)COc2ccc(Cl)cc2)N2CCOCC2)cc1. The summed E-state index contributed by atoms with van der Waals surface area (Å²) in [7, 11) is 0. The van der Waals surface area contributed by atoms with Crippen LogP contribution in [0.5, 0.6) is 5.75 Å². The fourth-order valence-corrected chi connectivity index (χ4v) is 3.52. The topological polar surface area (TPSA) is 50.8 Å². The molecule has 5 nitrogen and oxygen atoms in total. The number of hydrogen-bond acceptors (Lipinski definition) is 4. The first-order valence-electron chi connectivity index (χ1n) is 10.1. The third-order valence-electron chi connectivity index (χ3n) is 5.15. The van der Waals surface area contributed by atoms with Crippen LogP contribution in [0, 0.1) is 0 Å². The van der Waals surface area contributed by atoms with Gasteiger partial charge in [0.25, 0.3) is 5.91 Å². The van der Waals surface area contributed by atoms with Crippen molar-refractivity contribution in [2.24, 2.45) is 0 Å². The molecule has 1 saturated heterocycles. The normalized spacial score (nSPS) is 15.9. The summed E-state index contributed by atoms with van der Waals surface area (Å²) >= 11 is 5.87. The van der Waals surface area contributed by atoms with E-state index in [9.17, 15) is 4.79 Å². The van der Waals surface area contributed by atoms with Crippen LogP contribution in [0.1, 0.15) is 36.9 Å². The van der Waals surface area contributed by atoms with Crippen molar-refractivity contribution in [3.8, 4) is 5.75 Å². The second-order valence-corrected chi connectivity index (χ2v) is 7.97. The predicted molar refractivity (Wildman–Crippen MR) is 116 cm³/mol. The first kappa shape index (κ1) is 21.6. The zero-order valence-corrected chi connectivity index (χ0v) is 17.8.